The van der Waals surface area contributed by atoms with Crippen molar-refractivity contribution in [1.82, 2.24) is 4.90 Å². The Morgan fingerprint density at radius 3 is 2.38 bits per heavy atom. The van der Waals surface area contributed by atoms with E-state index in [4.69, 9.17) is 0 Å². The number of nitrogens with zero attached hydrogens (tertiary/aromatic N) is 1. The summed E-state index contributed by atoms with van der Waals surface area (Å²) in [5, 5.41) is 10.3. The largest absolute Gasteiger partial charge is 0.481 e. The molecule has 0 aliphatic carbocycles. The van der Waals surface area contributed by atoms with Gasteiger partial charge in [-0.25, -0.2) is 0 Å². The third-order valence-corrected chi connectivity index (χ3v) is 6.69. The van der Waals surface area contributed by atoms with Gasteiger partial charge in [-0.05, 0) is 55.1 Å². The van der Waals surface area contributed by atoms with Crippen LogP contribution >= 0.6 is 11.3 Å². The fourth-order valence-corrected chi connectivity index (χ4v) is 5.28. The van der Waals surface area contributed by atoms with Crippen LogP contribution < -0.4 is 0 Å². The zero-order chi connectivity index (χ0) is 20.6. The summed E-state index contributed by atoms with van der Waals surface area (Å²) in [6, 6.07) is 14.9. The molecule has 4 rings (SSSR count). The van der Waals surface area contributed by atoms with Crippen molar-refractivity contribution >= 4 is 27.4 Å². The Balaban J connectivity index is 1.79. The number of carbonyl (C=O) groups is 1. The van der Waals surface area contributed by atoms with Gasteiger partial charge in [0.25, 0.3) is 0 Å². The Bertz CT molecular complexity index is 989. The van der Waals surface area contributed by atoms with Gasteiger partial charge in [0.2, 0.25) is 0 Å². The highest BCUT2D eigenvalue weighted by Gasteiger charge is 2.38. The number of aliphatic carboxylic acids is 1. The van der Waals surface area contributed by atoms with Crippen LogP contribution in [0.25, 0.3) is 10.1 Å². The van der Waals surface area contributed by atoms with E-state index >= 15 is 0 Å². The van der Waals surface area contributed by atoms with E-state index in [1.807, 2.05) is 35.2 Å². The van der Waals surface area contributed by atoms with Gasteiger partial charge < -0.3 is 5.11 Å². The topological polar surface area (TPSA) is 40.5 Å². The van der Waals surface area contributed by atoms with Crippen LogP contribution in [0.5, 0.6) is 0 Å². The van der Waals surface area contributed by atoms with E-state index in [2.05, 4.69) is 0 Å². The molecule has 7 heteroatoms. The second-order valence-corrected chi connectivity index (χ2v) is 8.44. The molecule has 152 valence electrons. The first-order chi connectivity index (χ1) is 13.8. The maximum Gasteiger partial charge on any atom is 0.416 e. The van der Waals surface area contributed by atoms with Gasteiger partial charge in [0, 0.05) is 9.58 Å². The Hall–Kier alpha value is -2.38. The highest BCUT2D eigenvalue weighted by Crippen LogP contribution is 2.43. The van der Waals surface area contributed by atoms with Crippen molar-refractivity contribution in [2.75, 3.05) is 13.1 Å². The van der Waals surface area contributed by atoms with Gasteiger partial charge in [0.1, 0.15) is 0 Å². The van der Waals surface area contributed by atoms with E-state index in [9.17, 15) is 23.1 Å². The van der Waals surface area contributed by atoms with E-state index in [-0.39, 0.29) is 5.56 Å². The number of rotatable bonds is 4. The van der Waals surface area contributed by atoms with Crippen LogP contribution in [0, 0.1) is 5.92 Å². The quantitative estimate of drug-likeness (QED) is 0.581. The van der Waals surface area contributed by atoms with Crippen LogP contribution in [0.3, 0.4) is 0 Å². The monoisotopic (exact) mass is 419 g/mol. The average Bonchev–Trinajstić information content (AvgIpc) is 3.12. The first-order valence-corrected chi connectivity index (χ1v) is 10.3. The minimum Gasteiger partial charge on any atom is -0.481 e. The number of likely N-dealkylation sites (tertiary alicyclic amines) is 1. The lowest BCUT2D eigenvalue weighted by Crippen LogP contribution is -2.39. The van der Waals surface area contributed by atoms with E-state index in [0.717, 1.165) is 21.0 Å². The molecule has 1 aromatic heterocycles. The van der Waals surface area contributed by atoms with Gasteiger partial charge in [-0.1, -0.05) is 36.4 Å². The first kappa shape index (κ1) is 19.9. The van der Waals surface area contributed by atoms with E-state index in [1.165, 1.54) is 17.4 Å². The molecule has 0 radical (unpaired) electrons. The molecule has 2 heterocycles. The number of thiophene rings is 1. The van der Waals surface area contributed by atoms with Crippen molar-refractivity contribution < 1.29 is 23.1 Å². The fraction of sp³-hybridized carbons (Fsp3) is 0.318. The smallest absolute Gasteiger partial charge is 0.416 e. The van der Waals surface area contributed by atoms with E-state index < -0.39 is 29.7 Å². The van der Waals surface area contributed by atoms with Gasteiger partial charge in [-0.2, -0.15) is 13.2 Å². The zero-order valence-corrected chi connectivity index (χ0v) is 16.3. The van der Waals surface area contributed by atoms with Crippen molar-refractivity contribution in [1.29, 1.82) is 0 Å². The van der Waals surface area contributed by atoms with Crippen molar-refractivity contribution in [2.24, 2.45) is 5.92 Å². The zero-order valence-electron chi connectivity index (χ0n) is 15.5. The molecule has 0 spiro atoms. The summed E-state index contributed by atoms with van der Waals surface area (Å²) in [5.74, 6) is -1.27. The first-order valence-electron chi connectivity index (χ1n) is 9.46. The second-order valence-electron chi connectivity index (χ2n) is 7.32. The van der Waals surface area contributed by atoms with Crippen LogP contribution in [0.15, 0.2) is 54.6 Å². The molecule has 1 unspecified atom stereocenters. The van der Waals surface area contributed by atoms with Gasteiger partial charge in [-0.3, -0.25) is 9.69 Å². The molecular weight excluding hydrogens is 399 g/mol. The normalized spacial score (nSPS) is 17.5. The molecule has 1 N–H and O–H groups in total. The van der Waals surface area contributed by atoms with E-state index in [1.54, 1.807) is 12.1 Å². The van der Waals surface area contributed by atoms with Crippen molar-refractivity contribution in [3.05, 3.63) is 70.6 Å². The third kappa shape index (κ3) is 4.02. The summed E-state index contributed by atoms with van der Waals surface area (Å²) >= 11 is 1.49. The molecule has 0 bridgehead atoms. The molecule has 2 aromatic carbocycles. The predicted octanol–water partition coefficient (Wildman–Crippen LogP) is 5.81. The summed E-state index contributed by atoms with van der Waals surface area (Å²) < 4.78 is 42.3. The number of halogens is 3. The number of carboxylic acid groups (broad SMARTS) is 1. The molecule has 1 saturated heterocycles. The third-order valence-electron chi connectivity index (χ3n) is 5.52. The fourth-order valence-electron chi connectivity index (χ4n) is 4.07. The summed E-state index contributed by atoms with van der Waals surface area (Å²) in [6.45, 7) is 0.893. The molecular formula is C22H20F3NO2S. The highest BCUT2D eigenvalue weighted by molar-refractivity contribution is 7.19. The molecule has 3 nitrogen and oxygen atoms in total. The minimum absolute atomic E-state index is 0.223. The number of fused-ring (bicyclic) bond motifs is 1. The van der Waals surface area contributed by atoms with Crippen LogP contribution in [-0.2, 0) is 11.0 Å². The SMILES string of the molecule is O=C(O)C1CCN(C(c2cc3ccccc3s2)c2ccccc2C(F)(F)F)CC1. The van der Waals surface area contributed by atoms with Gasteiger partial charge >= 0.3 is 12.1 Å². The summed E-state index contributed by atoms with van der Waals surface area (Å²) in [4.78, 5) is 14.1. The Morgan fingerprint density at radius 1 is 1.07 bits per heavy atom. The number of carboxylic acids is 1. The van der Waals surface area contributed by atoms with Crippen LogP contribution in [0.4, 0.5) is 13.2 Å². The van der Waals surface area contributed by atoms with Crippen LogP contribution in [0.1, 0.15) is 34.9 Å². The Labute approximate surface area is 170 Å². The molecule has 1 fully saturated rings. The van der Waals surface area contributed by atoms with Crippen molar-refractivity contribution in [3.63, 3.8) is 0 Å². The molecule has 1 aliphatic rings. The molecule has 0 saturated carbocycles. The summed E-state index contributed by atoms with van der Waals surface area (Å²) in [5.41, 5.74) is -0.414. The van der Waals surface area contributed by atoms with Gasteiger partial charge in [0.15, 0.2) is 0 Å². The molecule has 1 atom stereocenters. The number of alkyl halides is 3. The van der Waals surface area contributed by atoms with Crippen LogP contribution in [0.2, 0.25) is 0 Å². The molecule has 29 heavy (non-hydrogen) atoms. The highest BCUT2D eigenvalue weighted by atomic mass is 32.1. The van der Waals surface area contributed by atoms with Crippen molar-refractivity contribution in [2.45, 2.75) is 25.1 Å². The molecule has 3 aromatic rings. The maximum absolute atomic E-state index is 13.8. The summed E-state index contributed by atoms with van der Waals surface area (Å²) in [7, 11) is 0. The lowest BCUT2D eigenvalue weighted by atomic mass is 9.92. The lowest BCUT2D eigenvalue weighted by molar-refractivity contribution is -0.143. The molecule has 0 amide bonds. The standard InChI is InChI=1S/C22H20F3NO2S/c23-22(24,25)17-7-3-2-6-16(17)20(26-11-9-14(10-12-26)21(27)28)19-13-15-5-1-4-8-18(15)29-19/h1-8,13-14,20H,9-12H2,(H,27,28). The number of benzene rings is 2. The predicted molar refractivity (Wildman–Crippen MR) is 107 cm³/mol. The molecule has 1 aliphatic heterocycles. The number of hydrogen-bond donors (Lipinski definition) is 1. The van der Waals surface area contributed by atoms with Gasteiger partial charge in [0.05, 0.1) is 17.5 Å². The Morgan fingerprint density at radius 2 is 1.72 bits per heavy atom. The second kappa shape index (κ2) is 7.80. The minimum atomic E-state index is -4.45. The van der Waals surface area contributed by atoms with Crippen molar-refractivity contribution in [3.8, 4) is 0 Å². The van der Waals surface area contributed by atoms with Gasteiger partial charge in [-0.15, -0.1) is 11.3 Å². The number of piperidine rings is 1. The Kier molecular flexibility index (Phi) is 5.36. The maximum atomic E-state index is 13.8. The summed E-state index contributed by atoms with van der Waals surface area (Å²) in [6.07, 6.45) is -3.58. The van der Waals surface area contributed by atoms with Crippen LogP contribution in [-0.4, -0.2) is 29.1 Å². The van der Waals surface area contributed by atoms with E-state index in [0.29, 0.717) is 25.9 Å². The average molecular weight is 419 g/mol. The number of hydrogen-bond acceptors (Lipinski definition) is 3. The lowest BCUT2D eigenvalue weighted by Gasteiger charge is -2.37.